The van der Waals surface area contributed by atoms with Gasteiger partial charge in [0.2, 0.25) is 5.91 Å². The summed E-state index contributed by atoms with van der Waals surface area (Å²) in [6.07, 6.45) is 9.27. The first-order valence-corrected chi connectivity index (χ1v) is 10.7. The maximum atomic E-state index is 12.6. The molecule has 1 aromatic heterocycles. The molecule has 1 spiro atoms. The lowest BCUT2D eigenvalue weighted by Crippen LogP contribution is -2.41. The molecule has 4 rings (SSSR count). The molecule has 150 valence electrons. The number of nitrogens with zero attached hydrogens (tertiary/aromatic N) is 4. The van der Waals surface area contributed by atoms with Gasteiger partial charge in [-0.3, -0.25) is 14.4 Å². The molecule has 2 aromatic rings. The minimum Gasteiger partial charge on any atom is -0.342 e. The maximum Gasteiger partial charge on any atom is 0.223 e. The van der Waals surface area contributed by atoms with E-state index in [0.717, 1.165) is 71.4 Å². The van der Waals surface area contributed by atoms with Gasteiger partial charge in [0.1, 0.15) is 0 Å². The normalized spacial score (nSPS) is 19.6. The van der Waals surface area contributed by atoms with Crippen molar-refractivity contribution in [2.75, 3.05) is 26.2 Å². The fraction of sp³-hybridized carbons (Fsp3) is 0.565. The molecule has 5 heteroatoms. The second-order valence-electron chi connectivity index (χ2n) is 8.56. The van der Waals surface area contributed by atoms with E-state index in [0.29, 0.717) is 5.91 Å². The van der Waals surface area contributed by atoms with Crippen LogP contribution in [-0.4, -0.2) is 51.7 Å². The van der Waals surface area contributed by atoms with Crippen LogP contribution < -0.4 is 0 Å². The van der Waals surface area contributed by atoms with E-state index in [-0.39, 0.29) is 5.41 Å². The summed E-state index contributed by atoms with van der Waals surface area (Å²) in [4.78, 5) is 17.2. The summed E-state index contributed by atoms with van der Waals surface area (Å²) in [6, 6.07) is 10.6. The largest absolute Gasteiger partial charge is 0.342 e. The van der Waals surface area contributed by atoms with E-state index >= 15 is 0 Å². The van der Waals surface area contributed by atoms with Gasteiger partial charge < -0.3 is 4.90 Å². The lowest BCUT2D eigenvalue weighted by atomic mass is 9.77. The quantitative estimate of drug-likeness (QED) is 0.740. The fourth-order valence-corrected chi connectivity index (χ4v) is 4.74. The Labute approximate surface area is 168 Å². The van der Waals surface area contributed by atoms with Crippen LogP contribution in [0.1, 0.15) is 43.7 Å². The summed E-state index contributed by atoms with van der Waals surface area (Å²) < 4.78 is 1.99. The number of hydrogen-bond donors (Lipinski definition) is 0. The highest BCUT2D eigenvalue weighted by Crippen LogP contribution is 2.41. The number of likely N-dealkylation sites (tertiary alicyclic amines) is 2. The zero-order valence-electron chi connectivity index (χ0n) is 17.0. The average molecular weight is 381 g/mol. The van der Waals surface area contributed by atoms with Crippen LogP contribution in [0.2, 0.25) is 0 Å². The van der Waals surface area contributed by atoms with E-state index in [1.165, 1.54) is 11.1 Å². The van der Waals surface area contributed by atoms with E-state index in [2.05, 4.69) is 58.4 Å². The molecule has 1 aromatic carbocycles. The van der Waals surface area contributed by atoms with Gasteiger partial charge >= 0.3 is 0 Å². The molecule has 0 unspecified atom stereocenters. The molecule has 3 heterocycles. The molecular formula is C23H32N4O. The highest BCUT2D eigenvalue weighted by molar-refractivity contribution is 5.79. The van der Waals surface area contributed by atoms with Crippen molar-refractivity contribution in [1.82, 2.24) is 19.6 Å². The minimum absolute atomic E-state index is 0.216. The number of amides is 1. The number of piperidine rings is 1. The molecule has 0 radical (unpaired) electrons. The van der Waals surface area contributed by atoms with Crippen LogP contribution in [0.5, 0.6) is 0 Å². The van der Waals surface area contributed by atoms with Crippen LogP contribution in [0, 0.1) is 5.41 Å². The third-order valence-electron chi connectivity index (χ3n) is 6.48. The van der Waals surface area contributed by atoms with Gasteiger partial charge in [0.15, 0.2) is 0 Å². The van der Waals surface area contributed by atoms with E-state index in [9.17, 15) is 4.79 Å². The molecule has 28 heavy (non-hydrogen) atoms. The zero-order chi connectivity index (χ0) is 19.4. The van der Waals surface area contributed by atoms with Crippen LogP contribution >= 0.6 is 0 Å². The molecule has 5 nitrogen and oxygen atoms in total. The van der Waals surface area contributed by atoms with Gasteiger partial charge in [-0.25, -0.2) is 0 Å². The highest BCUT2D eigenvalue weighted by atomic mass is 16.2. The predicted octanol–water partition coefficient (Wildman–Crippen LogP) is 3.35. The van der Waals surface area contributed by atoms with Crippen molar-refractivity contribution >= 4 is 5.91 Å². The third-order valence-corrected chi connectivity index (χ3v) is 6.48. The average Bonchev–Trinajstić information content (AvgIpc) is 3.29. The Bertz CT molecular complexity index is 777. The van der Waals surface area contributed by atoms with Gasteiger partial charge in [0, 0.05) is 44.4 Å². The summed E-state index contributed by atoms with van der Waals surface area (Å²) in [5.41, 5.74) is 2.87. The third kappa shape index (κ3) is 4.46. The molecule has 1 amide bonds. The lowest BCUT2D eigenvalue weighted by Gasteiger charge is -2.38. The van der Waals surface area contributed by atoms with Crippen LogP contribution in [0.3, 0.4) is 0 Å². The first kappa shape index (κ1) is 19.2. The highest BCUT2D eigenvalue weighted by Gasteiger charge is 2.44. The molecule has 0 N–H and O–H groups in total. The summed E-state index contributed by atoms with van der Waals surface area (Å²) in [6.45, 7) is 8.04. The van der Waals surface area contributed by atoms with Gasteiger partial charge in [-0.2, -0.15) is 5.10 Å². The molecule has 2 saturated heterocycles. The van der Waals surface area contributed by atoms with Crippen molar-refractivity contribution in [1.29, 1.82) is 0 Å². The van der Waals surface area contributed by atoms with Gasteiger partial charge in [-0.1, -0.05) is 30.3 Å². The van der Waals surface area contributed by atoms with Crippen molar-refractivity contribution in [3.63, 3.8) is 0 Å². The molecule has 0 saturated carbocycles. The summed E-state index contributed by atoms with van der Waals surface area (Å²) in [7, 11) is 0. The summed E-state index contributed by atoms with van der Waals surface area (Å²) in [5.74, 6) is 0.366. The van der Waals surface area contributed by atoms with E-state index in [1.54, 1.807) is 0 Å². The van der Waals surface area contributed by atoms with Crippen molar-refractivity contribution in [2.45, 2.75) is 52.1 Å². The van der Waals surface area contributed by atoms with E-state index in [1.807, 2.05) is 10.9 Å². The van der Waals surface area contributed by atoms with E-state index in [4.69, 9.17) is 0 Å². The van der Waals surface area contributed by atoms with Crippen molar-refractivity contribution in [3.05, 3.63) is 53.9 Å². The Balaban J connectivity index is 1.24. The maximum absolute atomic E-state index is 12.6. The Morgan fingerprint density at radius 1 is 1.11 bits per heavy atom. The number of aryl methyl sites for hydroxylation is 2. The van der Waals surface area contributed by atoms with Crippen LogP contribution in [0.4, 0.5) is 0 Å². The minimum atomic E-state index is 0.216. The van der Waals surface area contributed by atoms with Crippen molar-refractivity contribution in [3.8, 4) is 0 Å². The first-order valence-electron chi connectivity index (χ1n) is 10.7. The Hall–Kier alpha value is -2.14. The van der Waals surface area contributed by atoms with Crippen LogP contribution in [0.15, 0.2) is 42.7 Å². The lowest BCUT2D eigenvalue weighted by molar-refractivity contribution is -0.127. The predicted molar refractivity (Wildman–Crippen MR) is 111 cm³/mol. The van der Waals surface area contributed by atoms with Gasteiger partial charge in [0.25, 0.3) is 0 Å². The summed E-state index contributed by atoms with van der Waals surface area (Å²) >= 11 is 0. The smallest absolute Gasteiger partial charge is 0.223 e. The SMILES string of the molecule is CCn1cc(CN2CCC3(CC2)CC(=O)N(CCCc2ccccc2)C3)cn1. The van der Waals surface area contributed by atoms with Crippen LogP contribution in [-0.2, 0) is 24.3 Å². The number of hydrogen-bond acceptors (Lipinski definition) is 3. The van der Waals surface area contributed by atoms with Crippen molar-refractivity contribution in [2.24, 2.45) is 5.41 Å². The van der Waals surface area contributed by atoms with Gasteiger partial charge in [0.05, 0.1) is 6.20 Å². The van der Waals surface area contributed by atoms with Gasteiger partial charge in [-0.15, -0.1) is 0 Å². The number of carbonyl (C=O) groups excluding carboxylic acids is 1. The monoisotopic (exact) mass is 380 g/mol. The second kappa shape index (κ2) is 8.48. The second-order valence-corrected chi connectivity index (χ2v) is 8.56. The number of rotatable bonds is 7. The fourth-order valence-electron chi connectivity index (χ4n) is 4.74. The Kier molecular flexibility index (Phi) is 5.81. The first-order chi connectivity index (χ1) is 13.7. The number of carbonyl (C=O) groups is 1. The Morgan fingerprint density at radius 2 is 1.89 bits per heavy atom. The zero-order valence-corrected chi connectivity index (χ0v) is 17.0. The number of aromatic nitrogens is 2. The van der Waals surface area contributed by atoms with E-state index < -0.39 is 0 Å². The number of benzene rings is 1. The molecule has 2 aliphatic heterocycles. The van der Waals surface area contributed by atoms with Crippen molar-refractivity contribution < 1.29 is 4.79 Å². The topological polar surface area (TPSA) is 41.4 Å². The Morgan fingerprint density at radius 3 is 2.61 bits per heavy atom. The molecular weight excluding hydrogens is 348 g/mol. The molecule has 0 atom stereocenters. The van der Waals surface area contributed by atoms with Crippen LogP contribution in [0.25, 0.3) is 0 Å². The summed E-state index contributed by atoms with van der Waals surface area (Å²) in [5, 5.41) is 4.38. The standard InChI is InChI=1S/C23H32N4O/c1-2-27-18-21(16-24-27)17-25-13-10-23(11-14-25)15-22(28)26(19-23)12-6-9-20-7-4-3-5-8-20/h3-5,7-8,16,18H,2,6,9-15,17,19H2,1H3. The van der Waals surface area contributed by atoms with Gasteiger partial charge in [-0.05, 0) is 56.7 Å². The molecule has 0 bridgehead atoms. The molecule has 0 aliphatic carbocycles. The molecule has 2 aliphatic rings. The molecule has 2 fully saturated rings.